The van der Waals surface area contributed by atoms with E-state index in [9.17, 15) is 24.6 Å². The van der Waals surface area contributed by atoms with Crippen molar-refractivity contribution < 1.29 is 24.6 Å². The molecular weight excluding hydrogens is 382 g/mol. The number of carbonyl (C=O) groups is 3. The summed E-state index contributed by atoms with van der Waals surface area (Å²) >= 11 is 1.53. The van der Waals surface area contributed by atoms with Gasteiger partial charge in [0.05, 0.1) is 18.1 Å². The molecule has 9 heteroatoms. The van der Waals surface area contributed by atoms with Crippen LogP contribution in [0.25, 0.3) is 0 Å². The molecule has 4 aliphatic heterocycles. The summed E-state index contributed by atoms with van der Waals surface area (Å²) < 4.78 is 0. The van der Waals surface area contributed by atoms with E-state index in [2.05, 4.69) is 10.2 Å². The van der Waals surface area contributed by atoms with Crippen LogP contribution in [0.2, 0.25) is 0 Å². The van der Waals surface area contributed by atoms with Crippen LogP contribution in [0.1, 0.15) is 26.2 Å². The summed E-state index contributed by atoms with van der Waals surface area (Å²) in [6.07, 6.45) is 3.31. The third kappa shape index (κ3) is 3.15. The van der Waals surface area contributed by atoms with Gasteiger partial charge >= 0.3 is 5.97 Å². The summed E-state index contributed by atoms with van der Waals surface area (Å²) in [6, 6.07) is -0.101. The molecule has 0 aromatic heterocycles. The van der Waals surface area contributed by atoms with Gasteiger partial charge in [0, 0.05) is 41.3 Å². The van der Waals surface area contributed by atoms with Crippen molar-refractivity contribution in [3.63, 3.8) is 0 Å². The van der Waals surface area contributed by atoms with Crippen LogP contribution in [0, 0.1) is 5.92 Å². The van der Waals surface area contributed by atoms with Crippen molar-refractivity contribution in [1.29, 1.82) is 0 Å². The Hall–Kier alpha value is -1.84. The highest BCUT2D eigenvalue weighted by atomic mass is 32.2. The first kappa shape index (κ1) is 19.5. The van der Waals surface area contributed by atoms with E-state index in [1.165, 1.54) is 16.7 Å². The van der Waals surface area contributed by atoms with Crippen LogP contribution in [0.3, 0.4) is 0 Å². The lowest BCUT2D eigenvalue weighted by Gasteiger charge is -2.44. The molecule has 152 valence electrons. The lowest BCUT2D eigenvalue weighted by atomic mass is 9.83. The summed E-state index contributed by atoms with van der Waals surface area (Å²) in [4.78, 5) is 40.2. The number of aliphatic carboxylic acids is 1. The van der Waals surface area contributed by atoms with E-state index in [0.717, 1.165) is 29.9 Å². The van der Waals surface area contributed by atoms with Crippen LogP contribution >= 0.6 is 11.8 Å². The highest BCUT2D eigenvalue weighted by Gasteiger charge is 2.57. The predicted octanol–water partition coefficient (Wildman–Crippen LogP) is 0.146. The van der Waals surface area contributed by atoms with Crippen molar-refractivity contribution in [2.45, 2.75) is 49.6 Å². The Balaban J connectivity index is 1.48. The number of rotatable bonds is 5. The molecule has 0 aliphatic carbocycles. The van der Waals surface area contributed by atoms with Gasteiger partial charge in [0.15, 0.2) is 0 Å². The number of amides is 2. The van der Waals surface area contributed by atoms with Crippen molar-refractivity contribution >= 4 is 29.5 Å². The van der Waals surface area contributed by atoms with Gasteiger partial charge in [0.1, 0.15) is 5.70 Å². The largest absolute Gasteiger partial charge is 0.477 e. The fourth-order valence-electron chi connectivity index (χ4n) is 4.73. The van der Waals surface area contributed by atoms with Gasteiger partial charge in [0.25, 0.3) is 0 Å². The van der Waals surface area contributed by atoms with Crippen LogP contribution in [0.15, 0.2) is 22.3 Å². The zero-order chi connectivity index (χ0) is 20.2. The molecule has 0 saturated carbocycles. The highest BCUT2D eigenvalue weighted by Crippen LogP contribution is 2.49. The molecule has 0 unspecified atom stereocenters. The van der Waals surface area contributed by atoms with Crippen LogP contribution in [-0.4, -0.2) is 81.4 Å². The molecule has 4 rings (SSSR count). The molecule has 0 aromatic carbocycles. The normalized spacial score (nSPS) is 35.4. The number of thioether (sulfide) groups is 1. The lowest BCUT2D eigenvalue weighted by Crippen LogP contribution is -2.61. The summed E-state index contributed by atoms with van der Waals surface area (Å²) in [6.45, 7) is 3.05. The number of hydrogen-bond donors (Lipinski definition) is 3. The van der Waals surface area contributed by atoms with E-state index < -0.39 is 18.0 Å². The van der Waals surface area contributed by atoms with E-state index >= 15 is 0 Å². The smallest absolute Gasteiger partial charge is 0.353 e. The number of aliphatic hydroxyl groups is 1. The van der Waals surface area contributed by atoms with Gasteiger partial charge in [-0.3, -0.25) is 14.5 Å². The number of hydrogen-bond acceptors (Lipinski definition) is 6. The minimum Gasteiger partial charge on any atom is -0.477 e. The maximum Gasteiger partial charge on any atom is 0.353 e. The van der Waals surface area contributed by atoms with Crippen molar-refractivity contribution in [1.82, 2.24) is 15.1 Å². The van der Waals surface area contributed by atoms with E-state index in [4.69, 9.17) is 0 Å². The predicted molar refractivity (Wildman–Crippen MR) is 103 cm³/mol. The number of carboxylic acid groups (broad SMARTS) is 1. The van der Waals surface area contributed by atoms with Gasteiger partial charge < -0.3 is 20.4 Å². The molecule has 28 heavy (non-hydrogen) atoms. The fourth-order valence-corrected chi connectivity index (χ4v) is 6.30. The van der Waals surface area contributed by atoms with Crippen molar-refractivity contribution in [2.24, 2.45) is 5.92 Å². The average molecular weight is 407 g/mol. The Morgan fingerprint density at radius 2 is 2.14 bits per heavy atom. The number of carbonyl (C=O) groups excluding carboxylic acids is 2. The molecule has 4 heterocycles. The molecule has 8 nitrogen and oxygen atoms in total. The quantitative estimate of drug-likeness (QED) is 0.439. The Morgan fingerprint density at radius 1 is 1.39 bits per heavy atom. The van der Waals surface area contributed by atoms with Gasteiger partial charge in [-0.05, 0) is 26.8 Å². The number of likely N-dealkylation sites (N-methyl/N-ethyl adjacent to an activating group) is 1. The number of likely N-dealkylation sites (tertiary alicyclic amines) is 1. The SMILES string of the molecule is C[C@@H](O)[C@H]1C(=O)N2C(C(=O)O)=C(S[C@H]3C[C@@H](/C=C4\CCNC4=O)N(C)C3)C[C@H]12. The fraction of sp³-hybridized carbons (Fsp3) is 0.632. The van der Waals surface area contributed by atoms with Crippen LogP contribution in [-0.2, 0) is 14.4 Å². The number of aliphatic hydroxyl groups excluding tert-OH is 1. The van der Waals surface area contributed by atoms with Crippen LogP contribution < -0.4 is 5.32 Å². The Morgan fingerprint density at radius 3 is 2.75 bits per heavy atom. The van der Waals surface area contributed by atoms with Gasteiger partial charge in [-0.2, -0.15) is 0 Å². The van der Waals surface area contributed by atoms with E-state index in [-0.39, 0.29) is 34.8 Å². The van der Waals surface area contributed by atoms with Crippen molar-refractivity contribution in [3.05, 3.63) is 22.3 Å². The maximum absolute atomic E-state index is 12.3. The third-order valence-electron chi connectivity index (χ3n) is 6.13. The third-order valence-corrected chi connectivity index (χ3v) is 7.45. The standard InChI is InChI=1S/C19H25N3O5S/c1-9(23)15-13-7-14(16(19(26)27)22(13)18(15)25)28-12-6-11(21(2)8-12)5-10-3-4-20-17(10)24/h5,9,11-13,15,23H,3-4,6-8H2,1-2H3,(H,20,24)(H,26,27)/b10-5+/t9-,11-,12+,13-,15-/m1/s1. The number of nitrogens with zero attached hydrogens (tertiary/aromatic N) is 2. The maximum atomic E-state index is 12.3. The summed E-state index contributed by atoms with van der Waals surface area (Å²) in [5, 5.41) is 22.5. The molecule has 5 atom stereocenters. The van der Waals surface area contributed by atoms with Gasteiger partial charge in [0.2, 0.25) is 11.8 Å². The number of β-lactam (4-membered cyclic amide) rings is 1. The Kier molecular flexibility index (Phi) is 5.01. The Bertz CT molecular complexity index is 792. The molecule has 0 bridgehead atoms. The molecule has 0 radical (unpaired) electrons. The van der Waals surface area contributed by atoms with Crippen molar-refractivity contribution in [3.8, 4) is 0 Å². The topological polar surface area (TPSA) is 110 Å². The Labute approximate surface area is 167 Å². The second kappa shape index (κ2) is 7.20. The lowest BCUT2D eigenvalue weighted by molar-refractivity contribution is -0.161. The van der Waals surface area contributed by atoms with Crippen LogP contribution in [0.5, 0.6) is 0 Å². The minimum atomic E-state index is -1.09. The molecule has 3 saturated heterocycles. The highest BCUT2D eigenvalue weighted by molar-refractivity contribution is 8.03. The summed E-state index contributed by atoms with van der Waals surface area (Å²) in [7, 11) is 2.01. The number of fused-ring (bicyclic) bond motifs is 1. The second-order valence-corrected chi connectivity index (χ2v) is 9.40. The molecule has 3 fully saturated rings. The van der Waals surface area contributed by atoms with Gasteiger partial charge in [-0.15, -0.1) is 11.8 Å². The number of nitrogens with one attached hydrogen (secondary N) is 1. The summed E-state index contributed by atoms with van der Waals surface area (Å²) in [5.41, 5.74) is 0.903. The first-order valence-electron chi connectivity index (χ1n) is 9.61. The van der Waals surface area contributed by atoms with E-state index in [0.29, 0.717) is 13.0 Å². The van der Waals surface area contributed by atoms with E-state index in [1.54, 1.807) is 6.92 Å². The van der Waals surface area contributed by atoms with E-state index in [1.807, 2.05) is 13.1 Å². The molecule has 3 N–H and O–H groups in total. The molecule has 4 aliphatic rings. The van der Waals surface area contributed by atoms with Crippen LogP contribution in [0.4, 0.5) is 0 Å². The molecule has 2 amide bonds. The average Bonchev–Trinajstić information content (AvgIpc) is 3.25. The van der Waals surface area contributed by atoms with Crippen molar-refractivity contribution in [2.75, 3.05) is 20.1 Å². The zero-order valence-electron chi connectivity index (χ0n) is 15.9. The van der Waals surface area contributed by atoms with Gasteiger partial charge in [-0.25, -0.2) is 4.79 Å². The molecule has 0 spiro atoms. The van der Waals surface area contributed by atoms with Gasteiger partial charge in [-0.1, -0.05) is 6.08 Å². The first-order chi connectivity index (χ1) is 13.3. The zero-order valence-corrected chi connectivity index (χ0v) is 16.7. The first-order valence-corrected chi connectivity index (χ1v) is 10.5. The minimum absolute atomic E-state index is 0.00298. The summed E-state index contributed by atoms with van der Waals surface area (Å²) in [5.74, 6) is -1.90. The number of carboxylic acids is 1. The molecular formula is C19H25N3O5S. The monoisotopic (exact) mass is 407 g/mol. The molecule has 0 aromatic rings. The second-order valence-electron chi connectivity index (χ2n) is 8.00.